The molecule has 2 aromatic rings. The van der Waals surface area contributed by atoms with Gasteiger partial charge in [0, 0.05) is 36.3 Å². The van der Waals surface area contributed by atoms with Crippen molar-refractivity contribution >= 4 is 32.3 Å². The van der Waals surface area contributed by atoms with Crippen LogP contribution in [0, 0.1) is 10.1 Å². The molecule has 1 atom stereocenters. The Hall–Kier alpha value is -2.42. The summed E-state index contributed by atoms with van der Waals surface area (Å²) in [4.78, 5) is 27.9. The minimum absolute atomic E-state index is 0.00737. The molecule has 134 valence electrons. The molecule has 1 aromatic carbocycles. The van der Waals surface area contributed by atoms with Gasteiger partial charge < -0.3 is 9.88 Å². The third-order valence-corrected chi connectivity index (χ3v) is 6.23. The lowest BCUT2D eigenvalue weighted by molar-refractivity contribution is -0.384. The number of rotatable bonds is 5. The summed E-state index contributed by atoms with van der Waals surface area (Å²) < 4.78 is 23.5. The molecule has 1 aromatic heterocycles. The molecular formula is C16H19N3O5S. The number of aromatic nitrogens is 1. The molecule has 9 heteroatoms. The molecule has 1 aliphatic heterocycles. The molecule has 1 aliphatic rings. The van der Waals surface area contributed by atoms with Crippen molar-refractivity contribution in [1.29, 1.82) is 0 Å². The fourth-order valence-corrected chi connectivity index (χ4v) is 5.00. The zero-order valence-electron chi connectivity index (χ0n) is 13.8. The normalized spacial score (nSPS) is 19.2. The quantitative estimate of drug-likeness (QED) is 0.644. The first-order valence-corrected chi connectivity index (χ1v) is 9.91. The van der Waals surface area contributed by atoms with Crippen LogP contribution in [-0.4, -0.2) is 53.2 Å². The molecule has 0 bridgehead atoms. The Bertz CT molecular complexity index is 934. The third-order valence-electron chi connectivity index (χ3n) is 4.48. The second-order valence-corrected chi connectivity index (χ2v) is 8.47. The Labute approximate surface area is 144 Å². The Morgan fingerprint density at radius 1 is 1.44 bits per heavy atom. The van der Waals surface area contributed by atoms with Gasteiger partial charge in [0.1, 0.15) is 0 Å². The lowest BCUT2D eigenvalue weighted by atomic mass is 10.1. The topological polar surface area (TPSA) is 113 Å². The summed E-state index contributed by atoms with van der Waals surface area (Å²) in [5, 5.41) is 11.5. The van der Waals surface area contributed by atoms with Gasteiger partial charge in [0.05, 0.1) is 27.5 Å². The molecule has 1 amide bonds. The van der Waals surface area contributed by atoms with E-state index in [0.717, 1.165) is 6.42 Å². The SMILES string of the molecule is CCCN(C(=O)c1c[nH]c2cc([N+](=O)[O-])ccc12)[C@@H]1CCS(=O)(=O)C1. The molecule has 0 aliphatic carbocycles. The van der Waals surface area contributed by atoms with Crippen LogP contribution in [0.4, 0.5) is 5.69 Å². The maximum atomic E-state index is 13.0. The number of H-pyrrole nitrogens is 1. The zero-order valence-corrected chi connectivity index (χ0v) is 14.6. The summed E-state index contributed by atoms with van der Waals surface area (Å²) in [6, 6.07) is 3.97. The van der Waals surface area contributed by atoms with E-state index in [1.54, 1.807) is 11.0 Å². The largest absolute Gasteiger partial charge is 0.360 e. The average Bonchev–Trinajstić information content (AvgIpc) is 3.14. The van der Waals surface area contributed by atoms with Crippen molar-refractivity contribution in [2.75, 3.05) is 18.1 Å². The number of aromatic amines is 1. The van der Waals surface area contributed by atoms with E-state index >= 15 is 0 Å². The van der Waals surface area contributed by atoms with Gasteiger partial charge in [-0.15, -0.1) is 0 Å². The lowest BCUT2D eigenvalue weighted by Crippen LogP contribution is -2.41. The maximum absolute atomic E-state index is 13.0. The van der Waals surface area contributed by atoms with Crippen LogP contribution >= 0.6 is 0 Å². The van der Waals surface area contributed by atoms with Crippen LogP contribution in [0.15, 0.2) is 24.4 Å². The lowest BCUT2D eigenvalue weighted by Gasteiger charge is -2.27. The molecule has 1 N–H and O–H groups in total. The summed E-state index contributed by atoms with van der Waals surface area (Å²) in [6.07, 6.45) is 2.70. The van der Waals surface area contributed by atoms with Gasteiger partial charge in [-0.05, 0) is 18.9 Å². The van der Waals surface area contributed by atoms with Gasteiger partial charge in [-0.25, -0.2) is 8.42 Å². The molecular weight excluding hydrogens is 346 g/mol. The van der Waals surface area contributed by atoms with E-state index in [1.165, 1.54) is 18.3 Å². The van der Waals surface area contributed by atoms with Crippen LogP contribution < -0.4 is 0 Å². The van der Waals surface area contributed by atoms with Crippen LogP contribution in [0.1, 0.15) is 30.1 Å². The summed E-state index contributed by atoms with van der Waals surface area (Å²) in [7, 11) is -3.10. The van der Waals surface area contributed by atoms with E-state index in [9.17, 15) is 23.3 Å². The van der Waals surface area contributed by atoms with Gasteiger partial charge in [0.15, 0.2) is 9.84 Å². The predicted molar refractivity (Wildman–Crippen MR) is 93.3 cm³/mol. The Morgan fingerprint density at radius 3 is 2.80 bits per heavy atom. The number of non-ortho nitro benzene ring substituents is 1. The Kier molecular flexibility index (Phi) is 4.51. The number of amides is 1. The minimum Gasteiger partial charge on any atom is -0.360 e. The summed E-state index contributed by atoms with van der Waals surface area (Å²) in [5.41, 5.74) is 0.858. The van der Waals surface area contributed by atoms with Gasteiger partial charge >= 0.3 is 0 Å². The van der Waals surface area contributed by atoms with E-state index in [2.05, 4.69) is 4.98 Å². The van der Waals surface area contributed by atoms with Crippen molar-refractivity contribution in [3.8, 4) is 0 Å². The second kappa shape index (κ2) is 6.47. The van der Waals surface area contributed by atoms with Crippen LogP contribution in [0.3, 0.4) is 0 Å². The highest BCUT2D eigenvalue weighted by Gasteiger charge is 2.35. The Morgan fingerprint density at radius 2 is 2.20 bits per heavy atom. The van der Waals surface area contributed by atoms with Gasteiger partial charge in [-0.1, -0.05) is 6.92 Å². The van der Waals surface area contributed by atoms with Crippen molar-refractivity contribution < 1.29 is 18.1 Å². The summed E-state index contributed by atoms with van der Waals surface area (Å²) in [6.45, 7) is 2.40. The number of nitrogens with one attached hydrogen (secondary N) is 1. The molecule has 0 radical (unpaired) electrons. The molecule has 1 fully saturated rings. The Balaban J connectivity index is 1.95. The molecule has 0 spiro atoms. The highest BCUT2D eigenvalue weighted by Crippen LogP contribution is 2.26. The number of benzene rings is 1. The van der Waals surface area contributed by atoms with E-state index in [4.69, 9.17) is 0 Å². The van der Waals surface area contributed by atoms with Crippen LogP contribution in [0.2, 0.25) is 0 Å². The van der Waals surface area contributed by atoms with Crippen molar-refractivity contribution in [3.05, 3.63) is 40.1 Å². The average molecular weight is 365 g/mol. The number of sulfone groups is 1. The molecule has 3 rings (SSSR count). The molecule has 2 heterocycles. The minimum atomic E-state index is -3.10. The fraction of sp³-hybridized carbons (Fsp3) is 0.438. The highest BCUT2D eigenvalue weighted by molar-refractivity contribution is 7.91. The summed E-state index contributed by atoms with van der Waals surface area (Å²) >= 11 is 0. The van der Waals surface area contributed by atoms with Crippen molar-refractivity contribution in [1.82, 2.24) is 9.88 Å². The fourth-order valence-electron chi connectivity index (χ4n) is 3.27. The first kappa shape index (κ1) is 17.4. The number of nitro groups is 1. The first-order valence-electron chi connectivity index (χ1n) is 8.09. The number of nitro benzene ring substituents is 1. The van der Waals surface area contributed by atoms with Crippen molar-refractivity contribution in [2.24, 2.45) is 0 Å². The molecule has 1 saturated heterocycles. The van der Waals surface area contributed by atoms with Crippen molar-refractivity contribution in [3.63, 3.8) is 0 Å². The van der Waals surface area contributed by atoms with E-state index in [1.807, 2.05) is 6.92 Å². The number of carbonyl (C=O) groups is 1. The first-order chi connectivity index (χ1) is 11.8. The maximum Gasteiger partial charge on any atom is 0.271 e. The van der Waals surface area contributed by atoms with Gasteiger partial charge in [0.25, 0.3) is 11.6 Å². The zero-order chi connectivity index (χ0) is 18.2. The number of hydrogen-bond donors (Lipinski definition) is 1. The van der Waals surface area contributed by atoms with E-state index < -0.39 is 14.8 Å². The van der Waals surface area contributed by atoms with Crippen LogP contribution in [-0.2, 0) is 9.84 Å². The van der Waals surface area contributed by atoms with Gasteiger partial charge in [-0.3, -0.25) is 14.9 Å². The van der Waals surface area contributed by atoms with Crippen LogP contribution in [0.5, 0.6) is 0 Å². The molecule has 0 unspecified atom stereocenters. The predicted octanol–water partition coefficient (Wildman–Crippen LogP) is 2.12. The highest BCUT2D eigenvalue weighted by atomic mass is 32.2. The monoisotopic (exact) mass is 365 g/mol. The number of nitrogens with zero attached hydrogens (tertiary/aromatic N) is 2. The van der Waals surface area contributed by atoms with Crippen LogP contribution in [0.25, 0.3) is 10.9 Å². The molecule has 8 nitrogen and oxygen atoms in total. The third kappa shape index (κ3) is 3.37. The van der Waals surface area contributed by atoms with E-state index in [-0.39, 0.29) is 29.1 Å². The molecule has 0 saturated carbocycles. The standard InChI is InChI=1S/C16H19N3O5S/c1-2-6-18(12-5-7-25(23,24)10-12)16(20)14-9-17-15-8-11(19(21)22)3-4-13(14)15/h3-4,8-9,12,17H,2,5-7,10H2,1H3/t12-/m1/s1. The van der Waals surface area contributed by atoms with Gasteiger partial charge in [-0.2, -0.15) is 0 Å². The summed E-state index contributed by atoms with van der Waals surface area (Å²) in [5.74, 6) is -0.151. The number of carbonyl (C=O) groups excluding carboxylic acids is 1. The van der Waals surface area contributed by atoms with Gasteiger partial charge in [0.2, 0.25) is 0 Å². The second-order valence-electron chi connectivity index (χ2n) is 6.24. The molecule has 25 heavy (non-hydrogen) atoms. The number of hydrogen-bond acceptors (Lipinski definition) is 5. The number of fused-ring (bicyclic) bond motifs is 1. The smallest absolute Gasteiger partial charge is 0.271 e. The van der Waals surface area contributed by atoms with Crippen molar-refractivity contribution in [2.45, 2.75) is 25.8 Å². The van der Waals surface area contributed by atoms with E-state index in [0.29, 0.717) is 29.4 Å².